The van der Waals surface area contributed by atoms with E-state index in [0.717, 1.165) is 38.9 Å². The van der Waals surface area contributed by atoms with Crippen molar-refractivity contribution in [2.24, 2.45) is 17.6 Å². The zero-order valence-electron chi connectivity index (χ0n) is 12.3. The number of carbonyl (C=O) groups is 1. The lowest BCUT2D eigenvalue weighted by molar-refractivity contribution is -0.126. The zero-order valence-corrected chi connectivity index (χ0v) is 13.1. The molecule has 5 heteroatoms. The van der Waals surface area contributed by atoms with Gasteiger partial charge >= 0.3 is 0 Å². The van der Waals surface area contributed by atoms with Gasteiger partial charge in [-0.15, -0.1) is 0 Å². The second-order valence-electron chi connectivity index (χ2n) is 5.89. The van der Waals surface area contributed by atoms with Crippen molar-refractivity contribution in [3.8, 4) is 0 Å². The Labute approximate surface area is 122 Å². The number of hydrogen-bond donors (Lipinski definition) is 2. The summed E-state index contributed by atoms with van der Waals surface area (Å²) < 4.78 is 0. The number of carbonyl (C=O) groups excluding carboxylic acids is 1. The van der Waals surface area contributed by atoms with Crippen LogP contribution in [0.4, 0.5) is 0 Å². The molecule has 2 atom stereocenters. The first-order valence-electron chi connectivity index (χ1n) is 7.23. The molecule has 1 rings (SSSR count). The van der Waals surface area contributed by atoms with Gasteiger partial charge in [-0.25, -0.2) is 0 Å². The molecular formula is C14H27N3OS. The average Bonchev–Trinajstić information content (AvgIpc) is 2.37. The normalized spacial score (nSPS) is 22.2. The molecule has 0 bridgehead atoms. The number of amides is 1. The van der Waals surface area contributed by atoms with Crippen molar-refractivity contribution in [1.82, 2.24) is 10.2 Å². The first kappa shape index (κ1) is 16.4. The average molecular weight is 285 g/mol. The zero-order chi connectivity index (χ0) is 14.4. The Balaban J connectivity index is 2.40. The van der Waals surface area contributed by atoms with Gasteiger partial charge in [0, 0.05) is 19.0 Å². The number of thiocarbonyl (C=S) groups is 1. The third-order valence-corrected chi connectivity index (χ3v) is 4.14. The Hall–Kier alpha value is -0.680. The predicted octanol–water partition coefficient (Wildman–Crippen LogP) is 1.54. The minimum absolute atomic E-state index is 0.0932. The van der Waals surface area contributed by atoms with Gasteiger partial charge in [0.25, 0.3) is 0 Å². The maximum absolute atomic E-state index is 12.1. The Morgan fingerprint density at radius 3 is 2.74 bits per heavy atom. The summed E-state index contributed by atoms with van der Waals surface area (Å²) in [5.41, 5.74) is 5.72. The molecule has 1 aliphatic rings. The van der Waals surface area contributed by atoms with Crippen LogP contribution in [0.3, 0.4) is 0 Å². The number of nitrogens with one attached hydrogen (secondary N) is 1. The Bertz CT molecular complexity index is 320. The van der Waals surface area contributed by atoms with Crippen LogP contribution in [0.2, 0.25) is 0 Å². The molecule has 1 fully saturated rings. The van der Waals surface area contributed by atoms with E-state index in [1.165, 1.54) is 0 Å². The highest BCUT2D eigenvalue weighted by Gasteiger charge is 2.28. The summed E-state index contributed by atoms with van der Waals surface area (Å²) in [5.74, 6) is 0.989. The second kappa shape index (κ2) is 7.80. The van der Waals surface area contributed by atoms with Crippen molar-refractivity contribution in [2.45, 2.75) is 46.1 Å². The van der Waals surface area contributed by atoms with E-state index in [0.29, 0.717) is 10.9 Å². The number of likely N-dealkylation sites (tertiary alicyclic amines) is 1. The molecule has 4 nitrogen and oxygen atoms in total. The summed E-state index contributed by atoms with van der Waals surface area (Å²) >= 11 is 5.07. The van der Waals surface area contributed by atoms with E-state index >= 15 is 0 Å². The highest BCUT2D eigenvalue weighted by atomic mass is 32.1. The highest BCUT2D eigenvalue weighted by molar-refractivity contribution is 7.80. The smallest absolute Gasteiger partial charge is 0.237 e. The van der Waals surface area contributed by atoms with E-state index in [4.69, 9.17) is 18.0 Å². The van der Waals surface area contributed by atoms with Gasteiger partial charge in [0.05, 0.1) is 11.0 Å². The number of hydrogen-bond acceptors (Lipinski definition) is 3. The van der Waals surface area contributed by atoms with E-state index in [9.17, 15) is 4.79 Å². The quantitative estimate of drug-likeness (QED) is 0.727. The number of rotatable bonds is 6. The molecule has 110 valence electrons. The lowest BCUT2D eigenvalue weighted by Gasteiger charge is -2.35. The molecule has 2 unspecified atom stereocenters. The van der Waals surface area contributed by atoms with Crippen molar-refractivity contribution in [3.05, 3.63) is 0 Å². The lowest BCUT2D eigenvalue weighted by atomic mass is 9.97. The largest absolute Gasteiger partial charge is 0.393 e. The molecule has 1 saturated heterocycles. The van der Waals surface area contributed by atoms with E-state index in [1.807, 2.05) is 6.92 Å². The summed E-state index contributed by atoms with van der Waals surface area (Å²) in [6.45, 7) is 8.81. The molecule has 0 radical (unpaired) electrons. The molecule has 1 aliphatic heterocycles. The Morgan fingerprint density at radius 1 is 1.47 bits per heavy atom. The molecule has 0 spiro atoms. The standard InChI is InChI=1S/C14H27N3OS/c1-10(2)6-7-16-14(18)11(3)17-8-4-5-12(9-17)13(15)19/h10-12H,4-9H2,1-3H3,(H2,15,19)(H,16,18). The summed E-state index contributed by atoms with van der Waals surface area (Å²) in [6, 6.07) is -0.0932. The van der Waals surface area contributed by atoms with Crippen LogP contribution in [-0.2, 0) is 4.79 Å². The van der Waals surface area contributed by atoms with Crippen molar-refractivity contribution in [3.63, 3.8) is 0 Å². The number of nitrogens with two attached hydrogens (primary N) is 1. The third-order valence-electron chi connectivity index (χ3n) is 3.80. The molecule has 1 amide bonds. The molecule has 0 aromatic rings. The first-order valence-corrected chi connectivity index (χ1v) is 7.63. The Kier molecular flexibility index (Phi) is 6.72. The van der Waals surface area contributed by atoms with Crippen LogP contribution < -0.4 is 11.1 Å². The first-order chi connectivity index (χ1) is 8.91. The minimum Gasteiger partial charge on any atom is -0.393 e. The van der Waals surface area contributed by atoms with Crippen LogP contribution in [0.1, 0.15) is 40.0 Å². The highest BCUT2D eigenvalue weighted by Crippen LogP contribution is 2.18. The SMILES string of the molecule is CC(C)CCNC(=O)C(C)N1CCCC(C(N)=S)C1. The predicted molar refractivity (Wildman–Crippen MR) is 83.0 cm³/mol. The van der Waals surface area contributed by atoms with E-state index in [-0.39, 0.29) is 17.9 Å². The van der Waals surface area contributed by atoms with Gasteiger partial charge in [0.2, 0.25) is 5.91 Å². The molecule has 0 aromatic heterocycles. The monoisotopic (exact) mass is 285 g/mol. The van der Waals surface area contributed by atoms with E-state index in [1.54, 1.807) is 0 Å². The van der Waals surface area contributed by atoms with Gasteiger partial charge in [-0.2, -0.15) is 0 Å². The van der Waals surface area contributed by atoms with E-state index < -0.39 is 0 Å². The van der Waals surface area contributed by atoms with Gasteiger partial charge in [0.1, 0.15) is 0 Å². The van der Waals surface area contributed by atoms with Crippen molar-refractivity contribution in [2.75, 3.05) is 19.6 Å². The topological polar surface area (TPSA) is 58.4 Å². The van der Waals surface area contributed by atoms with Crippen LogP contribution in [0.5, 0.6) is 0 Å². The maximum atomic E-state index is 12.1. The summed E-state index contributed by atoms with van der Waals surface area (Å²) in [5, 5.41) is 3.01. The molecule has 0 aromatic carbocycles. The fourth-order valence-corrected chi connectivity index (χ4v) is 2.58. The van der Waals surface area contributed by atoms with E-state index in [2.05, 4.69) is 24.1 Å². The van der Waals surface area contributed by atoms with Gasteiger partial charge in [0.15, 0.2) is 0 Å². The summed E-state index contributed by atoms with van der Waals surface area (Å²) in [6.07, 6.45) is 3.13. The van der Waals surface area contributed by atoms with Gasteiger partial charge < -0.3 is 11.1 Å². The third kappa shape index (κ3) is 5.45. The van der Waals surface area contributed by atoms with Crippen LogP contribution >= 0.6 is 12.2 Å². The van der Waals surface area contributed by atoms with Crippen LogP contribution in [-0.4, -0.2) is 41.5 Å². The van der Waals surface area contributed by atoms with Crippen LogP contribution in [0.15, 0.2) is 0 Å². The second-order valence-corrected chi connectivity index (χ2v) is 6.36. The maximum Gasteiger partial charge on any atom is 0.237 e. The van der Waals surface area contributed by atoms with Crippen molar-refractivity contribution >= 4 is 23.1 Å². The van der Waals surface area contributed by atoms with Crippen molar-refractivity contribution in [1.29, 1.82) is 0 Å². The summed E-state index contributed by atoms with van der Waals surface area (Å²) in [7, 11) is 0. The minimum atomic E-state index is -0.0932. The Morgan fingerprint density at radius 2 is 2.16 bits per heavy atom. The van der Waals surface area contributed by atoms with Gasteiger partial charge in [-0.05, 0) is 38.6 Å². The molecular weight excluding hydrogens is 258 g/mol. The number of nitrogens with zero attached hydrogens (tertiary/aromatic N) is 1. The van der Waals surface area contributed by atoms with Gasteiger partial charge in [-0.3, -0.25) is 9.69 Å². The number of piperidine rings is 1. The van der Waals surface area contributed by atoms with Crippen LogP contribution in [0, 0.1) is 11.8 Å². The summed E-state index contributed by atoms with van der Waals surface area (Å²) in [4.78, 5) is 14.9. The van der Waals surface area contributed by atoms with Gasteiger partial charge in [-0.1, -0.05) is 26.1 Å². The molecule has 0 aliphatic carbocycles. The molecule has 19 heavy (non-hydrogen) atoms. The molecule has 3 N–H and O–H groups in total. The van der Waals surface area contributed by atoms with Crippen molar-refractivity contribution < 1.29 is 4.79 Å². The fourth-order valence-electron chi connectivity index (χ4n) is 2.39. The fraction of sp³-hybridized carbons (Fsp3) is 0.857. The molecule has 0 saturated carbocycles. The molecule has 1 heterocycles. The van der Waals surface area contributed by atoms with Crippen LogP contribution in [0.25, 0.3) is 0 Å². The lowest BCUT2D eigenvalue weighted by Crippen LogP contribution is -2.50.